The Bertz CT molecular complexity index is 654. The Morgan fingerprint density at radius 1 is 1.29 bits per heavy atom. The molecule has 7 heteroatoms. The van der Waals surface area contributed by atoms with E-state index < -0.39 is 22.3 Å². The molecule has 0 spiro atoms. The molecule has 0 radical (unpaired) electrons. The maximum atomic E-state index is 12.5. The summed E-state index contributed by atoms with van der Waals surface area (Å²) in [4.78, 5) is 34.3. The number of carboxylic acids is 1. The Labute approximate surface area is 141 Å². The maximum absolute atomic E-state index is 12.5. The number of carbonyl (C=O) groups is 2. The standard InChI is InChI=1S/C17H24N2O5/c1-10(2)13-7-6-12(8-14(13)19(23)24)16(22)18-17(5,11(3)4)9-15(20)21/h6-8,10-11H,9H2,1-5H3,(H,18,22)(H,20,21). The van der Waals surface area contributed by atoms with Gasteiger partial charge >= 0.3 is 5.97 Å². The number of nitro benzene ring substituents is 1. The van der Waals surface area contributed by atoms with Gasteiger partial charge in [-0.2, -0.15) is 0 Å². The van der Waals surface area contributed by atoms with Gasteiger partial charge in [0.1, 0.15) is 0 Å². The number of hydrogen-bond donors (Lipinski definition) is 2. The molecule has 0 bridgehead atoms. The number of nitro groups is 1. The number of nitrogens with zero attached hydrogens (tertiary/aromatic N) is 1. The van der Waals surface area contributed by atoms with Crippen LogP contribution in [0.5, 0.6) is 0 Å². The third-order valence-electron chi connectivity index (χ3n) is 4.30. The molecule has 1 amide bonds. The highest BCUT2D eigenvalue weighted by Gasteiger charge is 2.33. The van der Waals surface area contributed by atoms with Crippen LogP contribution in [0.25, 0.3) is 0 Å². The van der Waals surface area contributed by atoms with Crippen molar-refractivity contribution in [3.63, 3.8) is 0 Å². The predicted molar refractivity (Wildman–Crippen MR) is 90.1 cm³/mol. The molecule has 2 N–H and O–H groups in total. The summed E-state index contributed by atoms with van der Waals surface area (Å²) in [6, 6.07) is 4.34. The van der Waals surface area contributed by atoms with E-state index in [0.717, 1.165) is 0 Å². The van der Waals surface area contributed by atoms with Gasteiger partial charge in [-0.1, -0.05) is 33.8 Å². The highest BCUT2D eigenvalue weighted by atomic mass is 16.6. The van der Waals surface area contributed by atoms with E-state index in [9.17, 15) is 19.7 Å². The minimum atomic E-state index is -1.02. The summed E-state index contributed by atoms with van der Waals surface area (Å²) < 4.78 is 0. The van der Waals surface area contributed by atoms with Gasteiger partial charge in [-0.3, -0.25) is 19.7 Å². The van der Waals surface area contributed by atoms with E-state index in [2.05, 4.69) is 5.32 Å². The first-order chi connectivity index (χ1) is 11.0. The first-order valence-corrected chi connectivity index (χ1v) is 7.80. The number of benzene rings is 1. The average molecular weight is 336 g/mol. The topological polar surface area (TPSA) is 110 Å². The van der Waals surface area contributed by atoms with Gasteiger partial charge < -0.3 is 10.4 Å². The Morgan fingerprint density at radius 2 is 1.88 bits per heavy atom. The molecule has 0 aliphatic heterocycles. The molecular weight excluding hydrogens is 312 g/mol. The molecule has 0 aromatic heterocycles. The first-order valence-electron chi connectivity index (χ1n) is 7.80. The number of carboxylic acid groups (broad SMARTS) is 1. The lowest BCUT2D eigenvalue weighted by Crippen LogP contribution is -2.51. The fraction of sp³-hybridized carbons (Fsp3) is 0.529. The van der Waals surface area contributed by atoms with Crippen molar-refractivity contribution in [1.29, 1.82) is 0 Å². The normalized spacial score (nSPS) is 13.6. The van der Waals surface area contributed by atoms with E-state index in [1.165, 1.54) is 12.1 Å². The second kappa shape index (κ2) is 7.42. The zero-order chi connectivity index (χ0) is 18.7. The molecule has 0 saturated heterocycles. The van der Waals surface area contributed by atoms with E-state index in [-0.39, 0.29) is 29.5 Å². The van der Waals surface area contributed by atoms with Crippen LogP contribution in [0.15, 0.2) is 18.2 Å². The van der Waals surface area contributed by atoms with Crippen LogP contribution < -0.4 is 5.32 Å². The van der Waals surface area contributed by atoms with E-state index >= 15 is 0 Å². The van der Waals surface area contributed by atoms with Crippen LogP contribution in [0, 0.1) is 16.0 Å². The van der Waals surface area contributed by atoms with Crippen LogP contribution >= 0.6 is 0 Å². The SMILES string of the molecule is CC(C)c1ccc(C(=O)NC(C)(CC(=O)O)C(C)C)cc1[N+](=O)[O-]. The molecule has 0 aliphatic carbocycles. The van der Waals surface area contributed by atoms with E-state index in [1.807, 2.05) is 27.7 Å². The summed E-state index contributed by atoms with van der Waals surface area (Å²) in [6.45, 7) is 8.96. The highest BCUT2D eigenvalue weighted by Crippen LogP contribution is 2.28. The van der Waals surface area contributed by atoms with E-state index in [4.69, 9.17) is 5.11 Å². The number of carbonyl (C=O) groups excluding carboxylic acids is 1. The van der Waals surface area contributed by atoms with Gasteiger partial charge in [0.05, 0.1) is 16.9 Å². The number of nitrogens with one attached hydrogen (secondary N) is 1. The van der Waals surface area contributed by atoms with Gasteiger partial charge in [0.25, 0.3) is 11.6 Å². The second-order valence-electron chi connectivity index (χ2n) is 6.78. The number of aliphatic carboxylic acids is 1. The van der Waals surface area contributed by atoms with Crippen LogP contribution in [0.2, 0.25) is 0 Å². The second-order valence-corrected chi connectivity index (χ2v) is 6.78. The van der Waals surface area contributed by atoms with Crippen molar-refractivity contribution >= 4 is 17.6 Å². The summed E-state index contributed by atoms with van der Waals surface area (Å²) in [5, 5.41) is 23.0. The molecule has 0 saturated carbocycles. The first kappa shape index (κ1) is 19.6. The van der Waals surface area contributed by atoms with Gasteiger partial charge in [-0.05, 0) is 24.8 Å². The Morgan fingerprint density at radius 3 is 2.29 bits per heavy atom. The van der Waals surface area contributed by atoms with Crippen LogP contribution in [0.4, 0.5) is 5.69 Å². The zero-order valence-electron chi connectivity index (χ0n) is 14.6. The molecule has 24 heavy (non-hydrogen) atoms. The minimum absolute atomic E-state index is 0.0459. The van der Waals surface area contributed by atoms with Crippen LogP contribution in [-0.4, -0.2) is 27.4 Å². The molecule has 1 atom stereocenters. The van der Waals surface area contributed by atoms with Gasteiger partial charge in [-0.25, -0.2) is 0 Å². The number of amides is 1. The average Bonchev–Trinajstić information content (AvgIpc) is 2.45. The summed E-state index contributed by atoms with van der Waals surface area (Å²) in [5.74, 6) is -1.71. The van der Waals surface area contributed by atoms with Crippen molar-refractivity contribution in [3.05, 3.63) is 39.4 Å². The fourth-order valence-electron chi connectivity index (χ4n) is 2.37. The molecule has 132 valence electrons. The smallest absolute Gasteiger partial charge is 0.305 e. The number of hydrogen-bond acceptors (Lipinski definition) is 4. The lowest BCUT2D eigenvalue weighted by Gasteiger charge is -2.33. The van der Waals surface area contributed by atoms with Gasteiger partial charge in [-0.15, -0.1) is 0 Å². The van der Waals surface area contributed by atoms with E-state index in [1.54, 1.807) is 13.0 Å². The maximum Gasteiger partial charge on any atom is 0.305 e. The van der Waals surface area contributed by atoms with Gasteiger partial charge in [0.15, 0.2) is 0 Å². The fourth-order valence-corrected chi connectivity index (χ4v) is 2.37. The molecule has 1 aromatic carbocycles. The quantitative estimate of drug-likeness (QED) is 0.586. The van der Waals surface area contributed by atoms with Crippen LogP contribution in [0.1, 0.15) is 62.9 Å². The predicted octanol–water partition coefficient (Wildman–Crippen LogP) is 3.34. The third kappa shape index (κ3) is 4.53. The molecule has 7 nitrogen and oxygen atoms in total. The number of rotatable bonds is 7. The molecule has 0 heterocycles. The molecular formula is C17H24N2O5. The third-order valence-corrected chi connectivity index (χ3v) is 4.30. The Balaban J connectivity index is 3.17. The van der Waals surface area contributed by atoms with Crippen molar-refractivity contribution in [2.75, 3.05) is 0 Å². The summed E-state index contributed by atoms with van der Waals surface area (Å²) in [5.41, 5.74) is -0.367. The molecule has 1 rings (SSSR count). The van der Waals surface area contributed by atoms with Crippen LogP contribution in [0.3, 0.4) is 0 Å². The molecule has 0 fully saturated rings. The van der Waals surface area contributed by atoms with Crippen molar-refractivity contribution in [2.24, 2.45) is 5.92 Å². The summed E-state index contributed by atoms with van der Waals surface area (Å²) in [6.07, 6.45) is -0.234. The monoisotopic (exact) mass is 336 g/mol. The molecule has 1 aromatic rings. The van der Waals surface area contributed by atoms with Gasteiger partial charge in [0.2, 0.25) is 0 Å². The Hall–Kier alpha value is -2.44. The summed E-state index contributed by atoms with van der Waals surface area (Å²) >= 11 is 0. The minimum Gasteiger partial charge on any atom is -0.481 e. The van der Waals surface area contributed by atoms with Crippen LogP contribution in [-0.2, 0) is 4.79 Å². The zero-order valence-corrected chi connectivity index (χ0v) is 14.6. The lowest BCUT2D eigenvalue weighted by atomic mass is 9.85. The Kier molecular flexibility index (Phi) is 6.06. The molecule has 0 aliphatic rings. The summed E-state index contributed by atoms with van der Waals surface area (Å²) in [7, 11) is 0. The van der Waals surface area contributed by atoms with Gasteiger partial charge in [0, 0.05) is 17.2 Å². The molecule has 1 unspecified atom stereocenters. The van der Waals surface area contributed by atoms with Crippen molar-refractivity contribution in [3.8, 4) is 0 Å². The van der Waals surface area contributed by atoms with Crippen molar-refractivity contribution < 1.29 is 19.6 Å². The van der Waals surface area contributed by atoms with Crippen molar-refractivity contribution in [2.45, 2.75) is 52.5 Å². The highest BCUT2D eigenvalue weighted by molar-refractivity contribution is 5.95. The lowest BCUT2D eigenvalue weighted by molar-refractivity contribution is -0.385. The van der Waals surface area contributed by atoms with E-state index in [0.29, 0.717) is 5.56 Å². The van der Waals surface area contributed by atoms with Crippen molar-refractivity contribution in [1.82, 2.24) is 5.32 Å². The largest absolute Gasteiger partial charge is 0.481 e.